The average Bonchev–Trinajstić information content (AvgIpc) is 3.53. The number of benzene rings is 2. The lowest BCUT2D eigenvalue weighted by molar-refractivity contribution is -0.228. The Kier molecular flexibility index (Phi) is 8.40. The summed E-state index contributed by atoms with van der Waals surface area (Å²) in [7, 11) is 6.17. The Hall–Kier alpha value is -4.43. The molecule has 2 bridgehead atoms. The normalized spacial score (nSPS) is 39.8. The van der Waals surface area contributed by atoms with Gasteiger partial charge in [0.25, 0.3) is 0 Å². The number of rotatable bonds is 7. The third-order valence-corrected chi connectivity index (χ3v) is 16.4. The summed E-state index contributed by atoms with van der Waals surface area (Å²) in [6.07, 6.45) is 5.06. The number of carbonyl (C=O) groups excluding carboxylic acids is 3. The number of H-pyrrole nitrogens is 1. The van der Waals surface area contributed by atoms with Crippen LogP contribution in [0.4, 0.5) is 5.69 Å². The molecule has 0 amide bonds. The number of hydrogen-bond acceptors (Lipinski definition) is 12. The van der Waals surface area contributed by atoms with Gasteiger partial charge < -0.3 is 39.0 Å². The standard InChI is InChI=1S/C46H56N4O9/c1-8-42-16-12-18-50-20-17-44(37(42)50)29-21-30(33(56-5)22-32(29)48(4)38(44)46(55,41(53)58-7)39(42)59-25(3)51)45(40(52)57-6)35-28-23-49(24-43(54,9-2)34(28)35)19-15-27-26-13-10-11-14-31(26)47-36(27)45/h10-14,16,21-22,28,34-35,37-39,47,54-55H,8-9,15,17-20,23-24H2,1-7H3/t28-,34?,35?,37-,38+,39+,42+,43+,44+,45+,46-/m0/s1. The molecule has 3 N–H and O–H groups in total. The fourth-order valence-corrected chi connectivity index (χ4v) is 14.4. The van der Waals surface area contributed by atoms with Crippen LogP contribution in [0.2, 0.25) is 0 Å². The predicted molar refractivity (Wildman–Crippen MR) is 218 cm³/mol. The summed E-state index contributed by atoms with van der Waals surface area (Å²) < 4.78 is 24.1. The minimum Gasteiger partial charge on any atom is -0.496 e. The number of carbonyl (C=O) groups is 3. The van der Waals surface area contributed by atoms with Crippen molar-refractivity contribution in [3.05, 3.63) is 70.9 Å². The minimum atomic E-state index is -2.30. The molecule has 314 valence electrons. The number of aromatic nitrogens is 1. The quantitative estimate of drug-likeness (QED) is 0.182. The van der Waals surface area contributed by atoms with E-state index in [0.29, 0.717) is 56.6 Å². The first kappa shape index (κ1) is 38.8. The molecule has 13 heteroatoms. The second kappa shape index (κ2) is 12.8. The number of nitrogens with zero attached hydrogens (tertiary/aromatic N) is 3. The van der Waals surface area contributed by atoms with Gasteiger partial charge in [0.1, 0.15) is 11.2 Å². The molecule has 1 spiro atoms. The van der Waals surface area contributed by atoms with E-state index >= 15 is 4.79 Å². The maximum absolute atomic E-state index is 15.5. The van der Waals surface area contributed by atoms with Crippen molar-refractivity contribution in [3.8, 4) is 5.75 Å². The topological polar surface area (TPSA) is 154 Å². The van der Waals surface area contributed by atoms with Crippen molar-refractivity contribution in [2.24, 2.45) is 23.2 Å². The monoisotopic (exact) mass is 808 g/mol. The Morgan fingerprint density at radius 3 is 2.41 bits per heavy atom. The molecule has 0 radical (unpaired) electrons. The Labute approximate surface area is 344 Å². The molecule has 6 heterocycles. The zero-order valence-corrected chi connectivity index (χ0v) is 35.0. The molecule has 2 aliphatic carbocycles. The molecule has 12 atom stereocenters. The Bertz CT molecular complexity index is 2330. The molecule has 2 saturated carbocycles. The lowest BCUT2D eigenvalue weighted by atomic mass is 9.47. The molecule has 1 aromatic heterocycles. The van der Waals surface area contributed by atoms with Gasteiger partial charge in [-0.3, -0.25) is 19.4 Å². The van der Waals surface area contributed by atoms with E-state index in [2.05, 4.69) is 39.1 Å². The number of aromatic amines is 1. The van der Waals surface area contributed by atoms with E-state index in [0.717, 1.165) is 46.5 Å². The zero-order valence-electron chi connectivity index (χ0n) is 35.0. The highest BCUT2D eigenvalue weighted by Crippen LogP contribution is 2.71. The number of para-hydroxylation sites is 1. The first-order valence-corrected chi connectivity index (χ1v) is 21.3. The van der Waals surface area contributed by atoms with E-state index in [9.17, 15) is 19.8 Å². The van der Waals surface area contributed by atoms with Crippen LogP contribution >= 0.6 is 0 Å². The number of aliphatic hydroxyl groups is 2. The maximum Gasteiger partial charge on any atom is 0.344 e. The van der Waals surface area contributed by atoms with Gasteiger partial charge in [-0.15, -0.1) is 0 Å². The Morgan fingerprint density at radius 2 is 1.71 bits per heavy atom. The number of likely N-dealkylation sites (N-methyl/N-ethyl adjacent to an activating group) is 1. The van der Waals surface area contributed by atoms with Gasteiger partial charge in [0.2, 0.25) is 5.60 Å². The zero-order chi connectivity index (χ0) is 41.6. The molecule has 2 saturated heterocycles. The van der Waals surface area contributed by atoms with Gasteiger partial charge in [0.15, 0.2) is 6.10 Å². The Morgan fingerprint density at radius 1 is 0.949 bits per heavy atom. The summed E-state index contributed by atoms with van der Waals surface area (Å²) in [4.78, 5) is 53.5. The number of methoxy groups -OCH3 is 3. The number of esters is 3. The van der Waals surface area contributed by atoms with Gasteiger partial charge in [0, 0.05) is 90.9 Å². The maximum atomic E-state index is 15.5. The average molecular weight is 809 g/mol. The van der Waals surface area contributed by atoms with Gasteiger partial charge in [-0.25, -0.2) is 4.79 Å². The number of ether oxygens (including phenoxy) is 4. The molecule has 7 aliphatic rings. The van der Waals surface area contributed by atoms with Crippen LogP contribution in [-0.4, -0.2) is 133 Å². The fraction of sp³-hybridized carbons (Fsp3) is 0.587. The largest absolute Gasteiger partial charge is 0.496 e. The molecule has 3 aromatic rings. The van der Waals surface area contributed by atoms with Crippen LogP contribution in [0.5, 0.6) is 5.75 Å². The summed E-state index contributed by atoms with van der Waals surface area (Å²) in [5.41, 5.74) is -1.73. The van der Waals surface area contributed by atoms with E-state index < -0.39 is 57.5 Å². The molecule has 2 aromatic carbocycles. The molecule has 3 unspecified atom stereocenters. The van der Waals surface area contributed by atoms with Crippen molar-refractivity contribution in [3.63, 3.8) is 0 Å². The number of hydrogen-bond donors (Lipinski definition) is 3. The highest BCUT2D eigenvalue weighted by molar-refractivity contribution is 5.96. The first-order valence-electron chi connectivity index (χ1n) is 21.3. The van der Waals surface area contributed by atoms with Gasteiger partial charge in [-0.1, -0.05) is 44.2 Å². The van der Waals surface area contributed by atoms with Crippen LogP contribution in [0.1, 0.15) is 62.4 Å². The smallest absolute Gasteiger partial charge is 0.344 e. The second-order valence-electron chi connectivity index (χ2n) is 18.4. The van der Waals surface area contributed by atoms with Crippen molar-refractivity contribution >= 4 is 34.5 Å². The van der Waals surface area contributed by atoms with Gasteiger partial charge >= 0.3 is 17.9 Å². The lowest BCUT2D eigenvalue weighted by Crippen LogP contribution is -2.81. The molecule has 10 rings (SSSR count). The molecule has 13 nitrogen and oxygen atoms in total. The third kappa shape index (κ3) is 4.52. The van der Waals surface area contributed by atoms with Crippen molar-refractivity contribution in [2.75, 3.05) is 66.0 Å². The van der Waals surface area contributed by atoms with E-state index in [1.807, 2.05) is 50.1 Å². The Balaban J connectivity index is 1.31. The number of fused-ring (bicyclic) bond motifs is 6. The van der Waals surface area contributed by atoms with E-state index in [1.165, 1.54) is 21.1 Å². The third-order valence-electron chi connectivity index (χ3n) is 16.4. The second-order valence-corrected chi connectivity index (χ2v) is 18.4. The van der Waals surface area contributed by atoms with Crippen LogP contribution in [0.15, 0.2) is 48.6 Å². The predicted octanol–water partition coefficient (Wildman–Crippen LogP) is 3.46. The van der Waals surface area contributed by atoms with Crippen molar-refractivity contribution < 1.29 is 43.5 Å². The van der Waals surface area contributed by atoms with Crippen LogP contribution < -0.4 is 9.64 Å². The summed E-state index contributed by atoms with van der Waals surface area (Å²) in [5.74, 6) is -2.02. The van der Waals surface area contributed by atoms with E-state index in [4.69, 9.17) is 18.9 Å². The van der Waals surface area contributed by atoms with Crippen LogP contribution in [0.25, 0.3) is 10.9 Å². The molecule has 59 heavy (non-hydrogen) atoms. The molecule has 4 fully saturated rings. The van der Waals surface area contributed by atoms with Crippen LogP contribution in [0, 0.1) is 23.2 Å². The van der Waals surface area contributed by atoms with Crippen molar-refractivity contribution in [2.45, 2.75) is 86.7 Å². The summed E-state index contributed by atoms with van der Waals surface area (Å²) in [5, 5.41) is 26.9. The number of anilines is 1. The number of piperidine rings is 1. The van der Waals surface area contributed by atoms with Crippen LogP contribution in [-0.2, 0) is 45.8 Å². The minimum absolute atomic E-state index is 0.0153. The molecular weight excluding hydrogens is 753 g/mol. The summed E-state index contributed by atoms with van der Waals surface area (Å²) >= 11 is 0. The van der Waals surface area contributed by atoms with Crippen molar-refractivity contribution in [1.29, 1.82) is 0 Å². The SMILES string of the molecule is CC[C@@]1(O)CN2CCc3c([nH]c4ccccc34)[C@@](C(=O)OC)(c3cc4c(cc3OC)N(C)[C@H]3[C@@](O)(C(=O)OC)[C@H](OC(C)=O)[C@]5(CC)C=CCN6CC[C@]43[C@@H]65)C3C1[C@@H]3C2. The van der Waals surface area contributed by atoms with E-state index in [1.54, 1.807) is 7.11 Å². The van der Waals surface area contributed by atoms with Gasteiger partial charge in [0.05, 0.1) is 33.0 Å². The van der Waals surface area contributed by atoms with E-state index in [-0.39, 0.29) is 23.8 Å². The molecule has 5 aliphatic heterocycles. The molecular formula is C46H56N4O9. The highest BCUT2D eigenvalue weighted by atomic mass is 16.6. The van der Waals surface area contributed by atoms with Gasteiger partial charge in [-0.05, 0) is 73.2 Å². The fourth-order valence-electron chi connectivity index (χ4n) is 14.4. The highest BCUT2D eigenvalue weighted by Gasteiger charge is 2.81. The lowest BCUT2D eigenvalue weighted by Gasteiger charge is -2.63. The first-order chi connectivity index (χ1) is 28.3. The van der Waals surface area contributed by atoms with Gasteiger partial charge in [-0.2, -0.15) is 0 Å². The summed E-state index contributed by atoms with van der Waals surface area (Å²) in [6.45, 7) is 8.64. The summed E-state index contributed by atoms with van der Waals surface area (Å²) in [6, 6.07) is 11.0. The van der Waals surface area contributed by atoms with Crippen molar-refractivity contribution in [1.82, 2.24) is 14.8 Å². The number of nitrogens with one attached hydrogen (secondary N) is 1. The van der Waals surface area contributed by atoms with Crippen LogP contribution in [0.3, 0.4) is 0 Å².